The molecule has 2 aliphatic heterocycles. The van der Waals surface area contributed by atoms with Gasteiger partial charge in [0.05, 0.1) is 24.0 Å². The first-order valence-electron chi connectivity index (χ1n) is 9.84. The Morgan fingerprint density at radius 3 is 2.43 bits per heavy atom. The third-order valence-electron chi connectivity index (χ3n) is 5.39. The Kier molecular flexibility index (Phi) is 5.97. The fraction of sp³-hybridized carbons (Fsp3) is 0.364. The number of sulfone groups is 1. The van der Waals surface area contributed by atoms with Crippen molar-refractivity contribution in [3.63, 3.8) is 0 Å². The Morgan fingerprint density at radius 1 is 1.13 bits per heavy atom. The van der Waals surface area contributed by atoms with E-state index in [1.165, 1.54) is 17.3 Å². The molecule has 0 N–H and O–H groups in total. The van der Waals surface area contributed by atoms with Crippen molar-refractivity contribution in [1.29, 1.82) is 0 Å². The molecule has 2 aliphatic rings. The van der Waals surface area contributed by atoms with Gasteiger partial charge in [0, 0.05) is 16.0 Å². The summed E-state index contributed by atoms with van der Waals surface area (Å²) in [5, 5.41) is 1.09. The second kappa shape index (κ2) is 8.36. The highest BCUT2D eigenvalue weighted by Gasteiger charge is 2.49. The second-order valence-corrected chi connectivity index (χ2v) is 11.8. The molecule has 8 heteroatoms. The molecule has 0 radical (unpaired) electrons. The molecular formula is C22H23ClN2O3S2. The van der Waals surface area contributed by atoms with Gasteiger partial charge in [-0.05, 0) is 41.3 Å². The number of hydrogen-bond donors (Lipinski definition) is 0. The zero-order valence-electron chi connectivity index (χ0n) is 16.8. The molecule has 1 amide bonds. The van der Waals surface area contributed by atoms with E-state index in [9.17, 15) is 13.2 Å². The summed E-state index contributed by atoms with van der Waals surface area (Å²) in [4.78, 5) is 19.0. The van der Waals surface area contributed by atoms with Crippen molar-refractivity contribution in [2.24, 2.45) is 4.99 Å². The molecule has 30 heavy (non-hydrogen) atoms. The molecule has 2 heterocycles. The Hall–Kier alpha value is -1.83. The molecule has 0 saturated carbocycles. The molecule has 0 aliphatic carbocycles. The van der Waals surface area contributed by atoms with Gasteiger partial charge in [0.1, 0.15) is 0 Å². The minimum Gasteiger partial charge on any atom is -0.316 e. The second-order valence-electron chi connectivity index (χ2n) is 8.01. The highest BCUT2D eigenvalue weighted by molar-refractivity contribution is 8.16. The lowest BCUT2D eigenvalue weighted by Crippen LogP contribution is -2.37. The number of amidine groups is 1. The summed E-state index contributed by atoms with van der Waals surface area (Å²) in [6.07, 6.45) is 0.176. The van der Waals surface area contributed by atoms with Gasteiger partial charge < -0.3 is 4.90 Å². The van der Waals surface area contributed by atoms with E-state index < -0.39 is 9.84 Å². The van der Waals surface area contributed by atoms with Gasteiger partial charge >= 0.3 is 0 Å². The van der Waals surface area contributed by atoms with E-state index in [2.05, 4.69) is 31.0 Å². The number of carbonyl (C=O) groups is 1. The van der Waals surface area contributed by atoms with Gasteiger partial charge in [-0.15, -0.1) is 0 Å². The number of thioether (sulfide) groups is 1. The number of aliphatic imine (C=N–C) groups is 1. The van der Waals surface area contributed by atoms with Crippen molar-refractivity contribution in [3.8, 4) is 0 Å². The number of rotatable bonds is 4. The number of carbonyl (C=O) groups excluding carboxylic acids is 1. The minimum absolute atomic E-state index is 0.0843. The van der Waals surface area contributed by atoms with Gasteiger partial charge in [-0.25, -0.2) is 8.42 Å². The molecule has 5 nitrogen and oxygen atoms in total. The first-order chi connectivity index (χ1) is 14.2. The third-order valence-corrected chi connectivity index (χ3v) is 8.86. The number of benzene rings is 2. The van der Waals surface area contributed by atoms with Crippen LogP contribution in [0.2, 0.25) is 5.02 Å². The number of fused-ring (bicyclic) bond motifs is 1. The summed E-state index contributed by atoms with van der Waals surface area (Å²) in [7, 11) is -3.09. The number of halogens is 1. The van der Waals surface area contributed by atoms with Crippen LogP contribution in [-0.4, -0.2) is 42.3 Å². The maximum Gasteiger partial charge on any atom is 0.252 e. The molecular weight excluding hydrogens is 440 g/mol. The zero-order valence-corrected chi connectivity index (χ0v) is 19.2. The summed E-state index contributed by atoms with van der Waals surface area (Å²) >= 11 is 7.30. The topological polar surface area (TPSA) is 66.8 Å². The first-order valence-corrected chi connectivity index (χ1v) is 12.9. The van der Waals surface area contributed by atoms with Crippen LogP contribution in [0.1, 0.15) is 30.9 Å². The van der Waals surface area contributed by atoms with Crippen LogP contribution >= 0.6 is 23.4 Å². The summed E-state index contributed by atoms with van der Waals surface area (Å²) in [6.45, 7) is 4.26. The van der Waals surface area contributed by atoms with Crippen LogP contribution in [0.15, 0.2) is 53.5 Å². The lowest BCUT2D eigenvalue weighted by atomic mass is 10.0. The smallest absolute Gasteiger partial charge is 0.252 e. The average Bonchev–Trinajstić information content (AvgIpc) is 3.14. The molecule has 2 aromatic carbocycles. The summed E-state index contributed by atoms with van der Waals surface area (Å²) < 4.78 is 24.4. The predicted molar refractivity (Wildman–Crippen MR) is 124 cm³/mol. The fourth-order valence-electron chi connectivity index (χ4n) is 3.81. The molecule has 0 unspecified atom stereocenters. The van der Waals surface area contributed by atoms with E-state index in [4.69, 9.17) is 11.6 Å². The molecule has 2 saturated heterocycles. The van der Waals surface area contributed by atoms with E-state index >= 15 is 0 Å². The predicted octanol–water partition coefficient (Wildman–Crippen LogP) is 4.31. The highest BCUT2D eigenvalue weighted by Crippen LogP contribution is 2.41. The molecule has 2 aromatic rings. The van der Waals surface area contributed by atoms with Crippen molar-refractivity contribution in [2.75, 3.05) is 16.4 Å². The lowest BCUT2D eigenvalue weighted by molar-refractivity contribution is -0.117. The maximum atomic E-state index is 12.6. The van der Waals surface area contributed by atoms with Crippen molar-refractivity contribution < 1.29 is 13.2 Å². The Morgan fingerprint density at radius 2 is 1.80 bits per heavy atom. The first kappa shape index (κ1) is 21.4. The van der Waals surface area contributed by atoms with Crippen LogP contribution in [0.25, 0.3) is 0 Å². The Balaban J connectivity index is 1.62. The molecule has 158 valence electrons. The SMILES string of the molecule is CC(C)c1ccc(N2C(=NC(=O)Cc3ccc(Cl)cc3)S[C@H]3CS(=O)(=O)C[C@H]32)cc1. The van der Waals surface area contributed by atoms with Crippen molar-refractivity contribution in [1.82, 2.24) is 0 Å². The van der Waals surface area contributed by atoms with Crippen molar-refractivity contribution in [2.45, 2.75) is 37.5 Å². The molecule has 0 spiro atoms. The fourth-order valence-corrected chi connectivity index (χ4v) is 7.87. The van der Waals surface area contributed by atoms with Crippen LogP contribution in [0.4, 0.5) is 5.69 Å². The number of anilines is 1. The summed E-state index contributed by atoms with van der Waals surface area (Å²) in [5.74, 6) is 0.348. The van der Waals surface area contributed by atoms with Crippen molar-refractivity contribution >= 4 is 50.0 Å². The monoisotopic (exact) mass is 462 g/mol. The molecule has 0 aromatic heterocycles. The normalized spacial score (nSPS) is 23.9. The van der Waals surface area contributed by atoms with Gasteiger partial charge in [0.15, 0.2) is 15.0 Å². The van der Waals surface area contributed by atoms with Crippen molar-refractivity contribution in [3.05, 3.63) is 64.7 Å². The number of hydrogen-bond acceptors (Lipinski definition) is 4. The van der Waals surface area contributed by atoms with E-state index in [1.54, 1.807) is 12.1 Å². The summed E-state index contributed by atoms with van der Waals surface area (Å²) in [5.41, 5.74) is 2.92. The standard InChI is InChI=1S/C22H23ClN2O3S2/c1-14(2)16-5-9-18(10-6-16)25-19-12-30(27,28)13-20(19)29-22(25)24-21(26)11-15-3-7-17(23)8-4-15/h3-10,14,19-20H,11-13H2,1-2H3/t19-,20+/m1/s1. The number of nitrogens with zero attached hydrogens (tertiary/aromatic N) is 2. The lowest BCUT2D eigenvalue weighted by Gasteiger charge is -2.25. The quantitative estimate of drug-likeness (QED) is 0.677. The van der Waals surface area contributed by atoms with E-state index in [0.717, 1.165) is 11.3 Å². The average molecular weight is 463 g/mol. The molecule has 2 atom stereocenters. The van der Waals surface area contributed by atoms with Gasteiger partial charge in [-0.2, -0.15) is 4.99 Å². The van der Waals surface area contributed by atoms with Gasteiger partial charge in [-0.3, -0.25) is 4.79 Å². The Bertz CT molecular complexity index is 1080. The van der Waals surface area contributed by atoms with Crippen LogP contribution < -0.4 is 4.90 Å². The van der Waals surface area contributed by atoms with Gasteiger partial charge in [0.2, 0.25) is 0 Å². The van der Waals surface area contributed by atoms with Gasteiger partial charge in [0.25, 0.3) is 5.91 Å². The zero-order chi connectivity index (χ0) is 21.5. The molecule has 4 rings (SSSR count). The maximum absolute atomic E-state index is 12.6. The third kappa shape index (κ3) is 4.58. The molecule has 0 bridgehead atoms. The van der Waals surface area contributed by atoms with E-state index in [1.807, 2.05) is 29.2 Å². The van der Waals surface area contributed by atoms with E-state index in [0.29, 0.717) is 16.1 Å². The minimum atomic E-state index is -3.09. The highest BCUT2D eigenvalue weighted by atomic mass is 35.5. The van der Waals surface area contributed by atoms with Crippen LogP contribution in [0.3, 0.4) is 0 Å². The molecule has 2 fully saturated rings. The number of amides is 1. The van der Waals surface area contributed by atoms with E-state index in [-0.39, 0.29) is 35.1 Å². The van der Waals surface area contributed by atoms with Gasteiger partial charge in [-0.1, -0.05) is 61.5 Å². The van der Waals surface area contributed by atoms with Crippen LogP contribution in [0.5, 0.6) is 0 Å². The summed E-state index contributed by atoms with van der Waals surface area (Å²) in [6, 6.07) is 15.0. The Labute approximate surface area is 186 Å². The van der Waals surface area contributed by atoms with Crippen LogP contribution in [0, 0.1) is 0 Å². The largest absolute Gasteiger partial charge is 0.316 e. The van der Waals surface area contributed by atoms with Crippen LogP contribution in [-0.2, 0) is 21.1 Å².